The third-order valence-electron chi connectivity index (χ3n) is 3.29. The zero-order chi connectivity index (χ0) is 15.4. The number of nitro benzene ring substituents is 1. The first-order valence-corrected chi connectivity index (χ1v) is 6.63. The summed E-state index contributed by atoms with van der Waals surface area (Å²) in [6, 6.07) is 3.58. The highest BCUT2D eigenvalue weighted by atomic mass is 19.1. The molecular formula is C13H16FN3O4. The minimum atomic E-state index is -0.633. The number of carbonyl (C=O) groups excluding carboxylic acids is 1. The molecule has 0 aliphatic carbocycles. The molecule has 1 aromatic carbocycles. The number of nitro groups is 1. The van der Waals surface area contributed by atoms with Crippen molar-refractivity contribution in [2.24, 2.45) is 0 Å². The topological polar surface area (TPSA) is 75.9 Å². The molecule has 114 valence electrons. The molecule has 1 amide bonds. The van der Waals surface area contributed by atoms with E-state index < -0.39 is 10.7 Å². The van der Waals surface area contributed by atoms with Crippen molar-refractivity contribution in [1.29, 1.82) is 0 Å². The van der Waals surface area contributed by atoms with Crippen LogP contribution in [-0.2, 0) is 4.74 Å². The van der Waals surface area contributed by atoms with Crippen molar-refractivity contribution in [1.82, 2.24) is 4.90 Å². The Hall–Kier alpha value is -2.38. The third kappa shape index (κ3) is 3.39. The Balaban J connectivity index is 2.02. The fourth-order valence-corrected chi connectivity index (χ4v) is 2.21. The lowest BCUT2D eigenvalue weighted by atomic mass is 10.2. The summed E-state index contributed by atoms with van der Waals surface area (Å²) in [6.45, 7) is 3.81. The molecule has 1 aliphatic rings. The second kappa shape index (κ2) is 6.38. The van der Waals surface area contributed by atoms with Gasteiger partial charge in [-0.1, -0.05) is 0 Å². The molecule has 0 radical (unpaired) electrons. The molecule has 1 saturated heterocycles. The van der Waals surface area contributed by atoms with Gasteiger partial charge in [-0.15, -0.1) is 0 Å². The predicted octanol–water partition coefficient (Wildman–Crippen LogP) is 2.01. The molecule has 0 aromatic heterocycles. The van der Waals surface area contributed by atoms with Crippen molar-refractivity contribution in [3.05, 3.63) is 34.1 Å². The molecule has 0 bridgehead atoms. The van der Waals surface area contributed by atoms with Crippen LogP contribution in [0.1, 0.15) is 6.92 Å². The Kier molecular flexibility index (Phi) is 4.56. The first kappa shape index (κ1) is 15.0. The molecule has 1 aromatic rings. The van der Waals surface area contributed by atoms with Crippen LogP contribution in [0.15, 0.2) is 18.2 Å². The average molecular weight is 297 g/mol. The van der Waals surface area contributed by atoms with Crippen LogP contribution in [0, 0.1) is 15.9 Å². The second-order valence-corrected chi connectivity index (χ2v) is 4.57. The molecule has 0 unspecified atom stereocenters. The lowest BCUT2D eigenvalue weighted by Crippen LogP contribution is -2.49. The van der Waals surface area contributed by atoms with Crippen molar-refractivity contribution in [2.45, 2.75) is 6.92 Å². The summed E-state index contributed by atoms with van der Waals surface area (Å²) in [7, 11) is 0. The summed E-state index contributed by atoms with van der Waals surface area (Å²) >= 11 is 0. The molecule has 8 heteroatoms. The second-order valence-electron chi connectivity index (χ2n) is 4.57. The van der Waals surface area contributed by atoms with Gasteiger partial charge in [-0.2, -0.15) is 0 Å². The molecule has 0 saturated carbocycles. The SMILES string of the molecule is CCOC(=O)N1CCN(c2ccc([N+](=O)[O-])cc2F)CC1. The van der Waals surface area contributed by atoms with Crippen LogP contribution in [0.2, 0.25) is 0 Å². The number of rotatable bonds is 3. The molecule has 2 rings (SSSR count). The lowest BCUT2D eigenvalue weighted by molar-refractivity contribution is -0.385. The summed E-state index contributed by atoms with van der Waals surface area (Å²) in [5, 5.41) is 10.6. The van der Waals surface area contributed by atoms with Crippen molar-refractivity contribution in [3.8, 4) is 0 Å². The molecule has 1 fully saturated rings. The number of ether oxygens (including phenoxy) is 1. The molecule has 1 heterocycles. The maximum absolute atomic E-state index is 13.9. The van der Waals surface area contributed by atoms with Crippen LogP contribution < -0.4 is 4.90 Å². The summed E-state index contributed by atoms with van der Waals surface area (Å²) in [6.07, 6.45) is -0.374. The van der Waals surface area contributed by atoms with Gasteiger partial charge < -0.3 is 14.5 Å². The largest absolute Gasteiger partial charge is 0.450 e. The number of hydrogen-bond acceptors (Lipinski definition) is 5. The van der Waals surface area contributed by atoms with Crippen molar-refractivity contribution < 1.29 is 18.8 Å². The van der Waals surface area contributed by atoms with Crippen LogP contribution >= 0.6 is 0 Å². The summed E-state index contributed by atoms with van der Waals surface area (Å²) < 4.78 is 18.8. The van der Waals surface area contributed by atoms with Gasteiger partial charge >= 0.3 is 6.09 Å². The van der Waals surface area contributed by atoms with Gasteiger partial charge in [0.1, 0.15) is 0 Å². The van der Waals surface area contributed by atoms with E-state index in [1.807, 2.05) is 0 Å². The third-order valence-corrected chi connectivity index (χ3v) is 3.29. The molecule has 0 atom stereocenters. The van der Waals surface area contributed by atoms with E-state index >= 15 is 0 Å². The van der Waals surface area contributed by atoms with Crippen molar-refractivity contribution in [3.63, 3.8) is 0 Å². The Morgan fingerprint density at radius 1 is 1.38 bits per heavy atom. The highest BCUT2D eigenvalue weighted by Crippen LogP contribution is 2.25. The highest BCUT2D eigenvalue weighted by molar-refractivity contribution is 5.68. The van der Waals surface area contributed by atoms with Gasteiger partial charge in [0.15, 0.2) is 5.82 Å². The van der Waals surface area contributed by atoms with Crippen molar-refractivity contribution in [2.75, 3.05) is 37.7 Å². The van der Waals surface area contributed by atoms with Crippen LogP contribution in [0.3, 0.4) is 0 Å². The number of benzene rings is 1. The number of amides is 1. The standard InChI is InChI=1S/C13H16FN3O4/c1-2-21-13(18)16-7-5-15(6-8-16)12-4-3-10(17(19)20)9-11(12)14/h3-4,9H,2,5-8H2,1H3. The highest BCUT2D eigenvalue weighted by Gasteiger charge is 2.24. The molecular weight excluding hydrogens is 281 g/mol. The van der Waals surface area contributed by atoms with E-state index in [1.54, 1.807) is 16.7 Å². The van der Waals surface area contributed by atoms with Gasteiger partial charge in [-0.25, -0.2) is 9.18 Å². The molecule has 7 nitrogen and oxygen atoms in total. The van der Waals surface area contributed by atoms with Crippen LogP contribution in [-0.4, -0.2) is 48.7 Å². The molecule has 1 aliphatic heterocycles. The molecule has 21 heavy (non-hydrogen) atoms. The van der Waals surface area contributed by atoms with Gasteiger partial charge in [0.2, 0.25) is 0 Å². The maximum atomic E-state index is 13.9. The number of non-ortho nitro benzene ring substituents is 1. The van der Waals surface area contributed by atoms with Gasteiger partial charge in [-0.3, -0.25) is 10.1 Å². The minimum Gasteiger partial charge on any atom is -0.450 e. The monoisotopic (exact) mass is 297 g/mol. The Labute approximate surface area is 121 Å². The van der Waals surface area contributed by atoms with Crippen molar-refractivity contribution >= 4 is 17.5 Å². The quantitative estimate of drug-likeness (QED) is 0.630. The fraction of sp³-hybridized carbons (Fsp3) is 0.462. The lowest BCUT2D eigenvalue weighted by Gasteiger charge is -2.35. The molecule has 0 spiro atoms. The van der Waals surface area contributed by atoms with E-state index in [9.17, 15) is 19.3 Å². The van der Waals surface area contributed by atoms with Crippen LogP contribution in [0.25, 0.3) is 0 Å². The van der Waals surface area contributed by atoms with Gasteiger partial charge in [0, 0.05) is 32.2 Å². The summed E-state index contributed by atoms with van der Waals surface area (Å²) in [5.41, 5.74) is 0.0329. The van der Waals surface area contributed by atoms with Crippen LogP contribution in [0.5, 0.6) is 0 Å². The maximum Gasteiger partial charge on any atom is 0.409 e. The summed E-state index contributed by atoms with van der Waals surface area (Å²) in [4.78, 5) is 24.8. The first-order valence-electron chi connectivity index (χ1n) is 6.63. The van der Waals surface area contributed by atoms with Gasteiger partial charge in [0.05, 0.1) is 23.3 Å². The van der Waals surface area contributed by atoms with E-state index in [4.69, 9.17) is 4.74 Å². The number of halogens is 1. The van der Waals surface area contributed by atoms with Crippen LogP contribution in [0.4, 0.5) is 20.6 Å². The number of hydrogen-bond donors (Lipinski definition) is 0. The minimum absolute atomic E-state index is 0.276. The smallest absolute Gasteiger partial charge is 0.409 e. The van der Waals surface area contributed by atoms with E-state index in [0.29, 0.717) is 38.5 Å². The number of piperazine rings is 1. The normalized spacial score (nSPS) is 15.0. The Bertz CT molecular complexity index is 544. The summed E-state index contributed by atoms with van der Waals surface area (Å²) in [5.74, 6) is -0.631. The fourth-order valence-electron chi connectivity index (χ4n) is 2.21. The number of nitrogens with zero attached hydrogens (tertiary/aromatic N) is 3. The van der Waals surface area contributed by atoms with Gasteiger partial charge in [-0.05, 0) is 13.0 Å². The number of carbonyl (C=O) groups is 1. The zero-order valence-electron chi connectivity index (χ0n) is 11.6. The van der Waals surface area contributed by atoms with Gasteiger partial charge in [0.25, 0.3) is 5.69 Å². The zero-order valence-corrected chi connectivity index (χ0v) is 11.6. The Morgan fingerprint density at radius 3 is 2.57 bits per heavy atom. The average Bonchev–Trinajstić information content (AvgIpc) is 2.47. The molecule has 0 N–H and O–H groups in total. The van der Waals surface area contributed by atoms with E-state index in [0.717, 1.165) is 6.07 Å². The van der Waals surface area contributed by atoms with E-state index in [2.05, 4.69) is 0 Å². The first-order chi connectivity index (χ1) is 10.0. The predicted molar refractivity (Wildman–Crippen MR) is 73.9 cm³/mol. The Morgan fingerprint density at radius 2 is 2.05 bits per heavy atom. The number of anilines is 1. The van der Waals surface area contributed by atoms with E-state index in [-0.39, 0.29) is 11.8 Å². The van der Waals surface area contributed by atoms with E-state index in [1.165, 1.54) is 12.1 Å².